The number of thiazole rings is 1. The standard InChI is InChI=1S/C25H20N2OS.BrH/c1-17-23(20-13-15-21(28-2)16-14-20)27-24(19-11-7-4-8-12-19)22(26-25(27)29-17)18-9-5-3-6-10-18;/h3-16H,1-2H3;1H. The number of hydrogen-bond acceptors (Lipinski definition) is 3. The SMILES string of the molecule is Br.COc1ccc(-c2c(C)sc3nc(-c4ccccc4)c(-c4ccccc4)n23)cc1. The van der Waals surface area contributed by atoms with Crippen LogP contribution in [0.4, 0.5) is 0 Å². The van der Waals surface area contributed by atoms with Crippen LogP contribution in [0.25, 0.3) is 38.7 Å². The molecular weight excluding hydrogens is 456 g/mol. The zero-order chi connectivity index (χ0) is 19.8. The Labute approximate surface area is 190 Å². The third kappa shape index (κ3) is 3.44. The maximum absolute atomic E-state index is 5.34. The van der Waals surface area contributed by atoms with Crippen LogP contribution in [0.5, 0.6) is 5.75 Å². The van der Waals surface area contributed by atoms with Gasteiger partial charge in [-0.05, 0) is 36.8 Å². The second kappa shape index (κ2) is 8.46. The Bertz CT molecular complexity index is 1280. The third-order valence-corrected chi connectivity index (χ3v) is 6.06. The van der Waals surface area contributed by atoms with Gasteiger partial charge in [0.15, 0.2) is 4.96 Å². The van der Waals surface area contributed by atoms with Gasteiger partial charge >= 0.3 is 0 Å². The van der Waals surface area contributed by atoms with Gasteiger partial charge in [-0.2, -0.15) is 0 Å². The minimum Gasteiger partial charge on any atom is -0.497 e. The highest BCUT2D eigenvalue weighted by Crippen LogP contribution is 2.40. The normalized spacial score (nSPS) is 10.7. The fraction of sp³-hybridized carbons (Fsp3) is 0.0800. The van der Waals surface area contributed by atoms with Gasteiger partial charge in [0, 0.05) is 16.0 Å². The minimum absolute atomic E-state index is 0. The van der Waals surface area contributed by atoms with Crippen LogP contribution in [-0.2, 0) is 0 Å². The quantitative estimate of drug-likeness (QED) is 0.272. The monoisotopic (exact) mass is 476 g/mol. The van der Waals surface area contributed by atoms with Crippen molar-refractivity contribution in [2.45, 2.75) is 6.92 Å². The van der Waals surface area contributed by atoms with Gasteiger partial charge in [0.25, 0.3) is 0 Å². The van der Waals surface area contributed by atoms with Crippen LogP contribution in [0.1, 0.15) is 4.88 Å². The molecule has 5 aromatic rings. The molecule has 0 atom stereocenters. The lowest BCUT2D eigenvalue weighted by molar-refractivity contribution is 0.415. The first kappa shape index (κ1) is 20.4. The van der Waals surface area contributed by atoms with Crippen LogP contribution < -0.4 is 4.74 Å². The van der Waals surface area contributed by atoms with E-state index in [2.05, 4.69) is 72.0 Å². The number of hydrogen-bond donors (Lipinski definition) is 0. The molecule has 0 unspecified atom stereocenters. The van der Waals surface area contributed by atoms with E-state index in [-0.39, 0.29) is 17.0 Å². The van der Waals surface area contributed by atoms with Crippen molar-refractivity contribution in [1.82, 2.24) is 9.38 Å². The van der Waals surface area contributed by atoms with Crippen molar-refractivity contribution in [1.29, 1.82) is 0 Å². The van der Waals surface area contributed by atoms with Gasteiger partial charge in [-0.1, -0.05) is 60.7 Å². The summed E-state index contributed by atoms with van der Waals surface area (Å²) in [6.07, 6.45) is 0. The molecule has 0 N–H and O–H groups in total. The van der Waals surface area contributed by atoms with Gasteiger partial charge < -0.3 is 4.74 Å². The number of methoxy groups -OCH3 is 1. The zero-order valence-electron chi connectivity index (χ0n) is 16.7. The summed E-state index contributed by atoms with van der Waals surface area (Å²) in [6.45, 7) is 2.16. The molecule has 5 rings (SSSR count). The van der Waals surface area contributed by atoms with Crippen molar-refractivity contribution < 1.29 is 4.74 Å². The molecular formula is C25H21BrN2OS. The van der Waals surface area contributed by atoms with Crippen LogP contribution in [0, 0.1) is 6.92 Å². The van der Waals surface area contributed by atoms with Crippen molar-refractivity contribution in [2.75, 3.05) is 7.11 Å². The smallest absolute Gasteiger partial charge is 0.195 e. The molecule has 0 aliphatic carbocycles. The van der Waals surface area contributed by atoms with Gasteiger partial charge in [-0.15, -0.1) is 28.3 Å². The van der Waals surface area contributed by atoms with Gasteiger partial charge in [0.2, 0.25) is 0 Å². The highest BCUT2D eigenvalue weighted by atomic mass is 79.9. The molecule has 150 valence electrons. The number of imidazole rings is 1. The summed E-state index contributed by atoms with van der Waals surface area (Å²) in [5.41, 5.74) is 6.76. The maximum Gasteiger partial charge on any atom is 0.195 e. The fourth-order valence-electron chi connectivity index (χ4n) is 3.76. The first-order valence-electron chi connectivity index (χ1n) is 9.53. The Balaban J connectivity index is 0.00000218. The van der Waals surface area contributed by atoms with Crippen molar-refractivity contribution >= 4 is 33.3 Å². The van der Waals surface area contributed by atoms with E-state index in [1.165, 1.54) is 10.6 Å². The molecule has 0 fully saturated rings. The van der Waals surface area contributed by atoms with Gasteiger partial charge in [-0.25, -0.2) is 4.98 Å². The van der Waals surface area contributed by atoms with E-state index in [0.29, 0.717) is 0 Å². The number of aromatic nitrogens is 2. The van der Waals surface area contributed by atoms with Gasteiger partial charge in [0.1, 0.15) is 5.75 Å². The number of aryl methyl sites for hydroxylation is 1. The van der Waals surface area contributed by atoms with E-state index < -0.39 is 0 Å². The Hall–Kier alpha value is -2.89. The Morgan fingerprint density at radius 1 is 0.733 bits per heavy atom. The van der Waals surface area contributed by atoms with E-state index in [4.69, 9.17) is 9.72 Å². The summed E-state index contributed by atoms with van der Waals surface area (Å²) >= 11 is 1.73. The predicted octanol–water partition coefficient (Wildman–Crippen LogP) is 7.29. The highest BCUT2D eigenvalue weighted by molar-refractivity contribution is 8.93. The number of benzene rings is 3. The van der Waals surface area contributed by atoms with E-state index in [1.807, 2.05) is 24.3 Å². The molecule has 0 amide bonds. The Morgan fingerprint density at radius 3 is 1.90 bits per heavy atom. The van der Waals surface area contributed by atoms with E-state index in [1.54, 1.807) is 18.4 Å². The largest absolute Gasteiger partial charge is 0.497 e. The molecule has 0 spiro atoms. The molecule has 3 nitrogen and oxygen atoms in total. The summed E-state index contributed by atoms with van der Waals surface area (Å²) < 4.78 is 7.65. The van der Waals surface area contributed by atoms with Crippen LogP contribution >= 0.6 is 28.3 Å². The average Bonchev–Trinajstić information content (AvgIpc) is 3.29. The lowest BCUT2D eigenvalue weighted by Crippen LogP contribution is -1.93. The van der Waals surface area contributed by atoms with Crippen molar-refractivity contribution in [3.63, 3.8) is 0 Å². The second-order valence-corrected chi connectivity index (χ2v) is 8.08. The molecule has 3 aromatic carbocycles. The predicted molar refractivity (Wildman–Crippen MR) is 131 cm³/mol. The van der Waals surface area contributed by atoms with E-state index >= 15 is 0 Å². The Morgan fingerprint density at radius 2 is 1.30 bits per heavy atom. The van der Waals surface area contributed by atoms with Crippen molar-refractivity contribution in [2.24, 2.45) is 0 Å². The molecule has 5 heteroatoms. The van der Waals surface area contributed by atoms with E-state index in [0.717, 1.165) is 38.8 Å². The fourth-order valence-corrected chi connectivity index (χ4v) is 4.75. The summed E-state index contributed by atoms with van der Waals surface area (Å²) in [7, 11) is 1.69. The number of nitrogens with zero attached hydrogens (tertiary/aromatic N) is 2. The topological polar surface area (TPSA) is 26.5 Å². The molecule has 0 radical (unpaired) electrons. The molecule has 0 saturated heterocycles. The van der Waals surface area contributed by atoms with Gasteiger partial charge in [-0.3, -0.25) is 4.40 Å². The third-order valence-electron chi connectivity index (χ3n) is 5.11. The molecule has 2 heterocycles. The molecule has 2 aromatic heterocycles. The molecule has 0 aliphatic rings. The van der Waals surface area contributed by atoms with Gasteiger partial charge in [0.05, 0.1) is 24.2 Å². The second-order valence-electron chi connectivity index (χ2n) is 6.89. The molecule has 0 aliphatic heterocycles. The van der Waals surface area contributed by atoms with Crippen molar-refractivity contribution in [3.05, 3.63) is 89.8 Å². The molecule has 30 heavy (non-hydrogen) atoms. The number of ether oxygens (including phenoxy) is 1. The first-order chi connectivity index (χ1) is 14.3. The molecule has 0 bridgehead atoms. The first-order valence-corrected chi connectivity index (χ1v) is 10.3. The number of rotatable bonds is 4. The number of fused-ring (bicyclic) bond motifs is 1. The summed E-state index contributed by atoms with van der Waals surface area (Å²) in [4.78, 5) is 7.31. The van der Waals surface area contributed by atoms with Crippen LogP contribution in [-0.4, -0.2) is 16.5 Å². The zero-order valence-corrected chi connectivity index (χ0v) is 19.2. The van der Waals surface area contributed by atoms with Crippen LogP contribution in [0.3, 0.4) is 0 Å². The van der Waals surface area contributed by atoms with E-state index in [9.17, 15) is 0 Å². The lowest BCUT2D eigenvalue weighted by atomic mass is 10.0. The number of halogens is 1. The summed E-state index contributed by atoms with van der Waals surface area (Å²) in [6, 6.07) is 29.2. The summed E-state index contributed by atoms with van der Waals surface area (Å²) in [5.74, 6) is 0.858. The summed E-state index contributed by atoms with van der Waals surface area (Å²) in [5, 5.41) is 0. The molecule has 0 saturated carbocycles. The van der Waals surface area contributed by atoms with Crippen LogP contribution in [0.15, 0.2) is 84.9 Å². The maximum atomic E-state index is 5.34. The lowest BCUT2D eigenvalue weighted by Gasteiger charge is -2.10. The average molecular weight is 477 g/mol. The highest BCUT2D eigenvalue weighted by Gasteiger charge is 2.22. The van der Waals surface area contributed by atoms with Crippen LogP contribution in [0.2, 0.25) is 0 Å². The van der Waals surface area contributed by atoms with Crippen molar-refractivity contribution in [3.8, 4) is 39.5 Å². The minimum atomic E-state index is 0. The Kier molecular flexibility index (Phi) is 5.75.